The van der Waals surface area contributed by atoms with E-state index in [1.165, 1.54) is 6.92 Å². The Labute approximate surface area is 203 Å². The topological polar surface area (TPSA) is 89.9 Å². The number of aliphatic hydroxyl groups is 1. The molecule has 0 aliphatic carbocycles. The van der Waals surface area contributed by atoms with Gasteiger partial charge in [0, 0.05) is 0 Å². The maximum Gasteiger partial charge on any atom is 0.404 e. The highest BCUT2D eigenvalue weighted by molar-refractivity contribution is 5.74. The molecule has 0 aromatic heterocycles. The van der Waals surface area contributed by atoms with Crippen molar-refractivity contribution in [3.63, 3.8) is 0 Å². The van der Waals surface area contributed by atoms with E-state index < -0.39 is 42.7 Å². The second-order valence-corrected chi connectivity index (χ2v) is 7.03. The number of hydrogen-bond donors (Lipinski definition) is 1. The smallest absolute Gasteiger partial charge is 0.404 e. The van der Waals surface area contributed by atoms with Gasteiger partial charge in [0.05, 0.1) is 6.10 Å². The van der Waals surface area contributed by atoms with Crippen LogP contribution in [0.15, 0.2) is 60.7 Å². The van der Waals surface area contributed by atoms with Gasteiger partial charge < -0.3 is 19.4 Å². The van der Waals surface area contributed by atoms with E-state index in [9.17, 15) is 35.9 Å². The summed E-state index contributed by atoms with van der Waals surface area (Å²) in [6.45, 7) is 1.97. The van der Waals surface area contributed by atoms with Gasteiger partial charge in [-0.1, -0.05) is 60.7 Å². The van der Waals surface area contributed by atoms with Crippen LogP contribution in [0.1, 0.15) is 31.4 Å². The summed E-state index contributed by atoms with van der Waals surface area (Å²) in [4.78, 5) is 30.8. The van der Waals surface area contributed by atoms with Crippen LogP contribution in [0.3, 0.4) is 0 Å². The minimum atomic E-state index is -4.82. The average molecular weight is 524 g/mol. The summed E-state index contributed by atoms with van der Waals surface area (Å²) >= 11 is 0. The largest absolute Gasteiger partial charge is 0.461 e. The first-order chi connectivity index (χ1) is 16.7. The molecule has 0 aliphatic rings. The monoisotopic (exact) mass is 524 g/mol. The second kappa shape index (κ2) is 16.3. The summed E-state index contributed by atoms with van der Waals surface area (Å²) in [7, 11) is 0. The van der Waals surface area contributed by atoms with E-state index >= 15 is 0 Å². The summed E-state index contributed by atoms with van der Waals surface area (Å²) in [5.74, 6) is -5.24. The molecule has 0 amide bonds. The van der Waals surface area contributed by atoms with Gasteiger partial charge in [-0.3, -0.25) is 9.59 Å². The number of aldehydes is 1. The van der Waals surface area contributed by atoms with Crippen molar-refractivity contribution < 1.29 is 55.3 Å². The fraction of sp³-hybridized carbons (Fsp3) is 0.375. The molecule has 0 fully saturated rings. The number of aliphatic hydroxyl groups excluding tert-OH is 1. The summed E-state index contributed by atoms with van der Waals surface area (Å²) in [5, 5.41) is 8.99. The highest BCUT2D eigenvalue weighted by Gasteiger charge is 2.49. The molecule has 12 heteroatoms. The van der Waals surface area contributed by atoms with Crippen molar-refractivity contribution in [1.29, 1.82) is 0 Å². The minimum Gasteiger partial charge on any atom is -0.461 e. The van der Waals surface area contributed by atoms with E-state index in [4.69, 9.17) is 9.90 Å². The van der Waals surface area contributed by atoms with Gasteiger partial charge in [0.25, 0.3) is 0 Å². The Hall–Kier alpha value is -3.41. The van der Waals surface area contributed by atoms with Gasteiger partial charge in [-0.25, -0.2) is 0 Å². The third kappa shape index (κ3) is 15.5. The lowest BCUT2D eigenvalue weighted by Crippen LogP contribution is -2.39. The molecule has 2 aromatic rings. The minimum absolute atomic E-state index is 0.129. The highest BCUT2D eigenvalue weighted by atomic mass is 19.4. The molecule has 0 heterocycles. The molecule has 0 saturated carbocycles. The SMILES string of the molecule is CC(O)C(C(=O)OCc1ccccc1)C(F)(F)F.CC=O.O=C(CC(F)(F)F)OCc1ccccc1. The Kier molecular flexibility index (Phi) is 14.8. The zero-order valence-corrected chi connectivity index (χ0v) is 19.4. The Bertz CT molecular complexity index is 899. The van der Waals surface area contributed by atoms with E-state index in [-0.39, 0.29) is 13.2 Å². The van der Waals surface area contributed by atoms with Crippen LogP contribution in [0, 0.1) is 5.92 Å². The molecular formula is C24H26F6O6. The number of carbonyl (C=O) groups excluding carboxylic acids is 3. The van der Waals surface area contributed by atoms with Crippen LogP contribution >= 0.6 is 0 Å². The molecule has 2 rings (SSSR count). The van der Waals surface area contributed by atoms with Crippen LogP contribution in [0.4, 0.5) is 26.3 Å². The molecule has 200 valence electrons. The predicted molar refractivity (Wildman–Crippen MR) is 116 cm³/mol. The van der Waals surface area contributed by atoms with Crippen molar-refractivity contribution in [2.75, 3.05) is 0 Å². The molecule has 2 atom stereocenters. The van der Waals surface area contributed by atoms with E-state index in [2.05, 4.69) is 9.47 Å². The van der Waals surface area contributed by atoms with Crippen molar-refractivity contribution >= 4 is 18.2 Å². The summed E-state index contributed by atoms with van der Waals surface area (Å²) < 4.78 is 81.7. The number of carbonyl (C=O) groups is 3. The van der Waals surface area contributed by atoms with Crippen LogP contribution in [-0.2, 0) is 37.1 Å². The number of halogens is 6. The van der Waals surface area contributed by atoms with Gasteiger partial charge in [0.15, 0.2) is 5.92 Å². The maximum absolute atomic E-state index is 12.5. The molecule has 0 saturated heterocycles. The third-order valence-electron chi connectivity index (χ3n) is 3.90. The Morgan fingerprint density at radius 2 is 1.25 bits per heavy atom. The van der Waals surface area contributed by atoms with Gasteiger partial charge in [-0.15, -0.1) is 0 Å². The quantitative estimate of drug-likeness (QED) is 0.305. The fourth-order valence-corrected chi connectivity index (χ4v) is 2.38. The highest BCUT2D eigenvalue weighted by Crippen LogP contribution is 2.30. The molecule has 1 N–H and O–H groups in total. The molecule has 2 aromatic carbocycles. The lowest BCUT2D eigenvalue weighted by molar-refractivity contribution is -0.214. The Balaban J connectivity index is 0.000000621. The predicted octanol–water partition coefficient (Wildman–Crippen LogP) is 5.18. The number of benzene rings is 2. The number of esters is 2. The molecule has 36 heavy (non-hydrogen) atoms. The molecule has 6 nitrogen and oxygen atoms in total. The first kappa shape index (κ1) is 32.6. The number of alkyl halides is 6. The lowest BCUT2D eigenvalue weighted by atomic mass is 10.0. The molecule has 0 aliphatic heterocycles. The van der Waals surface area contributed by atoms with E-state index in [1.807, 2.05) is 0 Å². The molecule has 0 radical (unpaired) electrons. The van der Waals surface area contributed by atoms with Crippen LogP contribution < -0.4 is 0 Å². The second-order valence-electron chi connectivity index (χ2n) is 7.03. The van der Waals surface area contributed by atoms with E-state index in [1.54, 1.807) is 60.7 Å². The van der Waals surface area contributed by atoms with Crippen LogP contribution in [0.25, 0.3) is 0 Å². The third-order valence-corrected chi connectivity index (χ3v) is 3.90. The van der Waals surface area contributed by atoms with Crippen LogP contribution in [0.5, 0.6) is 0 Å². The first-order valence-electron chi connectivity index (χ1n) is 10.3. The van der Waals surface area contributed by atoms with Gasteiger partial charge in [0.2, 0.25) is 0 Å². The van der Waals surface area contributed by atoms with Crippen molar-refractivity contribution in [2.24, 2.45) is 5.92 Å². The van der Waals surface area contributed by atoms with Crippen molar-refractivity contribution in [1.82, 2.24) is 0 Å². The zero-order chi connectivity index (χ0) is 27.8. The van der Waals surface area contributed by atoms with E-state index in [0.717, 1.165) is 13.2 Å². The Morgan fingerprint density at radius 3 is 1.58 bits per heavy atom. The average Bonchev–Trinajstić information content (AvgIpc) is 2.76. The number of hydrogen-bond acceptors (Lipinski definition) is 6. The molecule has 0 bridgehead atoms. The van der Waals surface area contributed by atoms with Crippen molar-refractivity contribution in [3.05, 3.63) is 71.8 Å². The van der Waals surface area contributed by atoms with Crippen molar-refractivity contribution in [2.45, 2.75) is 51.9 Å². The molecule has 2 unspecified atom stereocenters. The summed E-state index contributed by atoms with van der Waals surface area (Å²) in [6.07, 6.45) is -12.0. The molecule has 0 spiro atoms. The number of ether oxygens (including phenoxy) is 2. The molecular weight excluding hydrogens is 498 g/mol. The maximum atomic E-state index is 12.5. The van der Waals surface area contributed by atoms with Gasteiger partial charge >= 0.3 is 24.3 Å². The van der Waals surface area contributed by atoms with Crippen molar-refractivity contribution in [3.8, 4) is 0 Å². The number of rotatable bonds is 7. The van der Waals surface area contributed by atoms with Gasteiger partial charge in [0.1, 0.15) is 25.9 Å². The lowest BCUT2D eigenvalue weighted by Gasteiger charge is -2.21. The zero-order valence-electron chi connectivity index (χ0n) is 19.4. The summed E-state index contributed by atoms with van der Waals surface area (Å²) in [6, 6.07) is 16.9. The van der Waals surface area contributed by atoms with Gasteiger partial charge in [-0.2, -0.15) is 26.3 Å². The van der Waals surface area contributed by atoms with Crippen LogP contribution in [0.2, 0.25) is 0 Å². The van der Waals surface area contributed by atoms with Crippen LogP contribution in [-0.4, -0.2) is 41.8 Å². The van der Waals surface area contributed by atoms with E-state index in [0.29, 0.717) is 11.1 Å². The first-order valence-corrected chi connectivity index (χ1v) is 10.3. The Morgan fingerprint density at radius 1 is 0.861 bits per heavy atom. The standard InChI is InChI=1S/C12H13F3O3.C10H9F3O2.C2H4O/c1-8(16)10(12(13,14)15)11(17)18-7-9-5-3-2-4-6-9;11-10(12,13)6-9(14)15-7-8-4-2-1-3-5-8;1-2-3/h2-6,8,10,16H,7H2,1H3;1-5H,6-7H2;2H,1H3. The normalized spacial score (nSPS) is 12.5. The fourth-order valence-electron chi connectivity index (χ4n) is 2.38. The summed E-state index contributed by atoms with van der Waals surface area (Å²) in [5.41, 5.74) is 1.24. The van der Waals surface area contributed by atoms with Gasteiger partial charge in [-0.05, 0) is 25.0 Å².